The van der Waals surface area contributed by atoms with E-state index in [0.717, 1.165) is 95.5 Å². The fraction of sp³-hybridized carbons (Fsp3) is 0.509. The Morgan fingerprint density at radius 1 is 0.463 bits per heavy atom. The van der Waals surface area contributed by atoms with Gasteiger partial charge in [0.1, 0.15) is 50.4 Å². The molecule has 10 heteroatoms. The molecule has 0 aliphatic heterocycles. The molecule has 4 aromatic rings. The van der Waals surface area contributed by atoms with Gasteiger partial charge >= 0.3 is 0 Å². The van der Waals surface area contributed by atoms with Crippen molar-refractivity contribution in [2.45, 2.75) is 153 Å². The summed E-state index contributed by atoms with van der Waals surface area (Å²) in [6.45, 7) is 23.0. The van der Waals surface area contributed by atoms with E-state index in [1.54, 1.807) is 12.4 Å². The number of allylic oxidation sites excluding steroid dienone is 2. The molecule has 0 N–H and O–H groups in total. The zero-order valence-corrected chi connectivity index (χ0v) is 43.5. The molecule has 4 rings (SSSR count). The van der Waals surface area contributed by atoms with Crippen molar-refractivity contribution in [2.24, 2.45) is 10.3 Å². The van der Waals surface area contributed by atoms with Crippen LogP contribution >= 0.6 is 0 Å². The molecule has 67 heavy (non-hydrogen) atoms. The molecular weight excluding hydrogens is 837 g/mol. The first kappa shape index (κ1) is 59.4. The molecule has 10 nitrogen and oxygen atoms in total. The summed E-state index contributed by atoms with van der Waals surface area (Å²) in [5.41, 5.74) is 8.69. The maximum atomic E-state index is 6.07. The summed E-state index contributed by atoms with van der Waals surface area (Å²) < 4.78 is 23.6. The molecule has 0 atom stereocenters. The van der Waals surface area contributed by atoms with Crippen LogP contribution in [0.25, 0.3) is 0 Å². The van der Waals surface area contributed by atoms with Crippen molar-refractivity contribution in [3.63, 3.8) is 0 Å². The van der Waals surface area contributed by atoms with Gasteiger partial charge in [-0.1, -0.05) is 119 Å². The van der Waals surface area contributed by atoms with Gasteiger partial charge < -0.3 is 28.6 Å². The molecule has 0 saturated carbocycles. The van der Waals surface area contributed by atoms with Crippen molar-refractivity contribution < 1.29 is 28.6 Å². The second kappa shape index (κ2) is 39.5. The predicted molar refractivity (Wildman–Crippen MR) is 282 cm³/mol. The number of ether oxygens (including phenoxy) is 4. The number of aromatic nitrogens is 2. The highest BCUT2D eigenvalue weighted by Crippen LogP contribution is 2.30. The van der Waals surface area contributed by atoms with Gasteiger partial charge in [-0.05, 0) is 150 Å². The van der Waals surface area contributed by atoms with Gasteiger partial charge in [-0.2, -0.15) is 0 Å². The van der Waals surface area contributed by atoms with Crippen LogP contribution in [-0.2, 0) is 22.5 Å². The second-order valence-corrected chi connectivity index (χ2v) is 15.6. The zero-order valence-electron chi connectivity index (χ0n) is 43.5. The molecule has 0 unspecified atom stereocenters. The second-order valence-electron chi connectivity index (χ2n) is 15.6. The molecule has 0 amide bonds. The van der Waals surface area contributed by atoms with Gasteiger partial charge in [0.05, 0.1) is 37.0 Å². The first-order chi connectivity index (χ1) is 32.8. The first-order valence-electron chi connectivity index (χ1n) is 24.8. The monoisotopic (exact) mass is 923 g/mol. The summed E-state index contributed by atoms with van der Waals surface area (Å²) in [5.74, 6) is 3.78. The van der Waals surface area contributed by atoms with E-state index >= 15 is 0 Å². The van der Waals surface area contributed by atoms with Crippen LogP contribution in [0.1, 0.15) is 157 Å². The Bertz CT molecular complexity index is 1910. The molecule has 0 aliphatic rings. The standard InChI is InChI=1S/C27H38N2O3.C26H36N2O3.2C2H6/c1-5-6-16-31-26-18-22(2)27(23(3)19-26)32-17-12-10-8-7-9-11-13-24-14-15-25(28-20-24)21-29-30-4;1-5-6-15-30-25-17-21(2)26(22(3)18-25)31-16-11-9-7-8-10-12-23-13-14-24(27-19-23)20-28-29-4;2*1-2/h5-6,14-15,18-21H,7-13,16-17H2,1-4H3;5-6,13-14,17-20H,7-12,15-16H2,1-4H3;2*1-2H3/b6-5+,29-21?;6-5+,28-20?;;. The van der Waals surface area contributed by atoms with Crippen LogP contribution in [-0.4, -0.2) is 63.0 Å². The van der Waals surface area contributed by atoms with Gasteiger partial charge in [0.15, 0.2) is 0 Å². The van der Waals surface area contributed by atoms with Gasteiger partial charge in [-0.25, -0.2) is 0 Å². The third kappa shape index (κ3) is 26.9. The summed E-state index contributed by atoms with van der Waals surface area (Å²) in [6, 6.07) is 16.4. The number of pyridine rings is 2. The van der Waals surface area contributed by atoms with Gasteiger partial charge in [0.2, 0.25) is 0 Å². The number of benzene rings is 2. The zero-order chi connectivity index (χ0) is 49.3. The molecule has 0 bridgehead atoms. The Kier molecular flexibility index (Phi) is 35.0. The van der Waals surface area contributed by atoms with E-state index in [4.69, 9.17) is 18.9 Å². The van der Waals surface area contributed by atoms with E-state index in [2.05, 4.69) is 94.0 Å². The molecule has 0 radical (unpaired) electrons. The molecule has 0 fully saturated rings. The fourth-order valence-corrected chi connectivity index (χ4v) is 6.91. The lowest BCUT2D eigenvalue weighted by Crippen LogP contribution is -2.02. The van der Waals surface area contributed by atoms with Crippen molar-refractivity contribution in [3.8, 4) is 23.0 Å². The van der Waals surface area contributed by atoms with E-state index in [1.165, 1.54) is 83.1 Å². The minimum absolute atomic E-state index is 0.598. The van der Waals surface area contributed by atoms with Crippen LogP contribution in [0.15, 0.2) is 95.5 Å². The third-order valence-corrected chi connectivity index (χ3v) is 10.3. The quantitative estimate of drug-likeness (QED) is 0.0229. The number of hydrogen-bond acceptors (Lipinski definition) is 10. The molecule has 2 aromatic heterocycles. The van der Waals surface area contributed by atoms with E-state index in [-0.39, 0.29) is 0 Å². The number of unbranched alkanes of at least 4 members (excludes halogenated alkanes) is 9. The fourth-order valence-electron chi connectivity index (χ4n) is 6.91. The Hall–Kier alpha value is -5.64. The van der Waals surface area contributed by atoms with E-state index < -0.39 is 0 Å². The van der Waals surface area contributed by atoms with Crippen molar-refractivity contribution >= 4 is 12.4 Å². The maximum absolute atomic E-state index is 6.07. The lowest BCUT2D eigenvalue weighted by molar-refractivity contribution is 0.215. The van der Waals surface area contributed by atoms with E-state index in [0.29, 0.717) is 13.2 Å². The molecular formula is C57H86N4O6. The number of hydrogen-bond donors (Lipinski definition) is 0. The lowest BCUT2D eigenvalue weighted by atomic mass is 10.1. The molecule has 2 aromatic carbocycles. The van der Waals surface area contributed by atoms with Gasteiger partial charge in [0, 0.05) is 12.4 Å². The molecule has 0 spiro atoms. The molecule has 2 heterocycles. The Balaban J connectivity index is 0.000000624. The minimum atomic E-state index is 0.598. The summed E-state index contributed by atoms with van der Waals surface area (Å²) in [7, 11) is 3.06. The number of nitrogens with zero attached hydrogens (tertiary/aromatic N) is 4. The highest BCUT2D eigenvalue weighted by Gasteiger charge is 2.09. The van der Waals surface area contributed by atoms with E-state index in [1.807, 2.05) is 90.4 Å². The summed E-state index contributed by atoms with van der Waals surface area (Å²) in [5, 5.41) is 7.45. The summed E-state index contributed by atoms with van der Waals surface area (Å²) in [4.78, 5) is 18.1. The van der Waals surface area contributed by atoms with E-state index in [9.17, 15) is 0 Å². The van der Waals surface area contributed by atoms with Crippen LogP contribution < -0.4 is 18.9 Å². The Morgan fingerprint density at radius 2 is 0.806 bits per heavy atom. The SMILES string of the molecule is C/C=C/COc1cc(C)c(OCCCCCCCCc2ccc(C=NOC)nc2)c(C)c1.C/C=C/COc1cc(C)c(OCCCCCCCc2ccc(C=NOC)nc2)c(C)c1.CC.CC. The van der Waals surface area contributed by atoms with Gasteiger partial charge in [-0.3, -0.25) is 9.97 Å². The average Bonchev–Trinajstić information content (AvgIpc) is 3.34. The normalized spacial score (nSPS) is 10.9. The highest BCUT2D eigenvalue weighted by molar-refractivity contribution is 5.76. The minimum Gasteiger partial charge on any atom is -0.493 e. The highest BCUT2D eigenvalue weighted by atomic mass is 16.6. The largest absolute Gasteiger partial charge is 0.493 e. The van der Waals surface area contributed by atoms with Crippen LogP contribution in [0, 0.1) is 27.7 Å². The van der Waals surface area contributed by atoms with Crippen LogP contribution in [0.2, 0.25) is 0 Å². The smallest absolute Gasteiger partial charge is 0.125 e. The Morgan fingerprint density at radius 3 is 1.12 bits per heavy atom. The average molecular weight is 923 g/mol. The van der Waals surface area contributed by atoms with Crippen LogP contribution in [0.4, 0.5) is 0 Å². The topological polar surface area (TPSA) is 106 Å². The van der Waals surface area contributed by atoms with Gasteiger partial charge in [0.25, 0.3) is 0 Å². The number of rotatable bonds is 29. The molecule has 0 aliphatic carbocycles. The van der Waals surface area contributed by atoms with Crippen molar-refractivity contribution in [3.05, 3.63) is 130 Å². The Labute approximate surface area is 406 Å². The maximum Gasteiger partial charge on any atom is 0.125 e. The van der Waals surface area contributed by atoms with Crippen LogP contribution in [0.3, 0.4) is 0 Å². The molecule has 370 valence electrons. The molecule has 0 saturated heterocycles. The van der Waals surface area contributed by atoms with Crippen molar-refractivity contribution in [1.29, 1.82) is 0 Å². The van der Waals surface area contributed by atoms with Crippen molar-refractivity contribution in [2.75, 3.05) is 40.6 Å². The number of oxime groups is 2. The predicted octanol–water partition coefficient (Wildman–Crippen LogP) is 14.9. The first-order valence-corrected chi connectivity index (χ1v) is 24.8. The van der Waals surface area contributed by atoms with Gasteiger partial charge in [-0.15, -0.1) is 0 Å². The lowest BCUT2D eigenvalue weighted by Gasteiger charge is -2.14. The third-order valence-electron chi connectivity index (χ3n) is 10.3. The van der Waals surface area contributed by atoms with Crippen molar-refractivity contribution in [1.82, 2.24) is 9.97 Å². The summed E-state index contributed by atoms with van der Waals surface area (Å²) >= 11 is 0. The summed E-state index contributed by atoms with van der Waals surface area (Å²) in [6.07, 6.45) is 30.4. The number of aryl methyl sites for hydroxylation is 6. The van der Waals surface area contributed by atoms with Crippen LogP contribution in [0.5, 0.6) is 23.0 Å².